The van der Waals surface area contributed by atoms with Gasteiger partial charge in [0.05, 0.1) is 28.0 Å². The van der Waals surface area contributed by atoms with Crippen LogP contribution in [0, 0.1) is 0 Å². The molecule has 1 aliphatic heterocycles. The fraction of sp³-hybridized carbons (Fsp3) is 0.200. The fourth-order valence-corrected chi connectivity index (χ4v) is 4.44. The van der Waals surface area contributed by atoms with E-state index >= 15 is 0 Å². The molecular weight excluding hydrogens is 449 g/mol. The number of anilines is 2. The van der Waals surface area contributed by atoms with Gasteiger partial charge in [-0.2, -0.15) is 13.2 Å². The maximum Gasteiger partial charge on any atom is 0.417 e. The first-order valence-electron chi connectivity index (χ1n) is 10.5. The molecule has 1 aliphatic rings. The van der Waals surface area contributed by atoms with Crippen molar-refractivity contribution in [2.24, 2.45) is 0 Å². The lowest BCUT2D eigenvalue weighted by atomic mass is 10.00. The van der Waals surface area contributed by atoms with Crippen LogP contribution in [0.5, 0.6) is 0 Å². The maximum absolute atomic E-state index is 13.2. The Morgan fingerprint density at radius 3 is 2.73 bits per heavy atom. The van der Waals surface area contributed by atoms with Crippen LogP contribution in [0.2, 0.25) is 5.02 Å². The third-order valence-electron chi connectivity index (χ3n) is 5.82. The number of halogens is 4. The maximum atomic E-state index is 13.2. The second-order valence-corrected chi connectivity index (χ2v) is 8.52. The molecule has 0 amide bonds. The highest BCUT2D eigenvalue weighted by Crippen LogP contribution is 2.36. The molecule has 0 aliphatic carbocycles. The number of aromatic nitrogens is 2. The number of pyridine rings is 2. The van der Waals surface area contributed by atoms with Crippen molar-refractivity contribution < 1.29 is 13.2 Å². The van der Waals surface area contributed by atoms with E-state index in [2.05, 4.69) is 20.2 Å². The molecule has 168 valence electrons. The van der Waals surface area contributed by atoms with Gasteiger partial charge in [-0.3, -0.25) is 9.88 Å². The summed E-state index contributed by atoms with van der Waals surface area (Å²) < 4.78 is 39.6. The Hall–Kier alpha value is -3.16. The Bertz CT molecular complexity index is 1320. The number of nitrogens with one attached hydrogen (secondary N) is 1. The third-order valence-corrected chi connectivity index (χ3v) is 6.15. The van der Waals surface area contributed by atoms with Gasteiger partial charge in [-0.15, -0.1) is 0 Å². The quantitative estimate of drug-likeness (QED) is 0.366. The molecule has 0 saturated heterocycles. The summed E-state index contributed by atoms with van der Waals surface area (Å²) in [5.41, 5.74) is 3.81. The minimum atomic E-state index is -4.47. The van der Waals surface area contributed by atoms with E-state index in [-0.39, 0.29) is 5.02 Å². The summed E-state index contributed by atoms with van der Waals surface area (Å²) in [7, 11) is 0. The van der Waals surface area contributed by atoms with Crippen molar-refractivity contribution in [3.63, 3.8) is 0 Å². The molecule has 2 aromatic heterocycles. The van der Waals surface area contributed by atoms with Crippen molar-refractivity contribution in [3.05, 3.63) is 94.3 Å². The highest BCUT2D eigenvalue weighted by molar-refractivity contribution is 6.31. The summed E-state index contributed by atoms with van der Waals surface area (Å²) >= 11 is 5.75. The monoisotopic (exact) mass is 468 g/mol. The van der Waals surface area contributed by atoms with Crippen LogP contribution in [-0.2, 0) is 25.7 Å². The Balaban J connectivity index is 1.34. The van der Waals surface area contributed by atoms with E-state index in [4.69, 9.17) is 11.6 Å². The lowest BCUT2D eigenvalue weighted by Crippen LogP contribution is -2.30. The van der Waals surface area contributed by atoms with E-state index in [9.17, 15) is 13.2 Å². The van der Waals surface area contributed by atoms with E-state index in [1.165, 1.54) is 6.07 Å². The average molecular weight is 469 g/mol. The van der Waals surface area contributed by atoms with Gasteiger partial charge in [0.25, 0.3) is 0 Å². The number of hydrogen-bond donors (Lipinski definition) is 1. The summed E-state index contributed by atoms with van der Waals surface area (Å²) in [6.07, 6.45) is -0.182. The van der Waals surface area contributed by atoms with Gasteiger partial charge < -0.3 is 5.32 Å². The minimum Gasteiger partial charge on any atom is -0.339 e. The molecule has 0 radical (unpaired) electrons. The molecule has 0 unspecified atom stereocenters. The number of benzene rings is 2. The first-order chi connectivity index (χ1) is 15.9. The Kier molecular flexibility index (Phi) is 5.68. The summed E-state index contributed by atoms with van der Waals surface area (Å²) in [4.78, 5) is 11.2. The first-order valence-corrected chi connectivity index (χ1v) is 10.9. The first kappa shape index (κ1) is 21.7. The number of para-hydroxylation sites is 1. The van der Waals surface area contributed by atoms with Crippen molar-refractivity contribution in [1.82, 2.24) is 14.9 Å². The Labute approximate surface area is 194 Å². The predicted octanol–water partition coefficient (Wildman–Crippen LogP) is 6.60. The van der Waals surface area contributed by atoms with Gasteiger partial charge >= 0.3 is 6.18 Å². The highest BCUT2D eigenvalue weighted by atomic mass is 35.5. The van der Waals surface area contributed by atoms with Crippen LogP contribution >= 0.6 is 11.6 Å². The predicted molar refractivity (Wildman–Crippen MR) is 124 cm³/mol. The van der Waals surface area contributed by atoms with Crippen molar-refractivity contribution in [3.8, 4) is 0 Å². The van der Waals surface area contributed by atoms with Gasteiger partial charge in [0.1, 0.15) is 5.82 Å². The number of alkyl halides is 3. The minimum absolute atomic E-state index is 0.278. The van der Waals surface area contributed by atoms with E-state index in [0.717, 1.165) is 46.0 Å². The van der Waals surface area contributed by atoms with Crippen molar-refractivity contribution in [2.45, 2.75) is 25.7 Å². The van der Waals surface area contributed by atoms with Gasteiger partial charge in [-0.05, 0) is 47.9 Å². The van der Waals surface area contributed by atoms with Gasteiger partial charge in [-0.1, -0.05) is 35.9 Å². The van der Waals surface area contributed by atoms with Crippen molar-refractivity contribution in [2.75, 3.05) is 11.9 Å². The van der Waals surface area contributed by atoms with Crippen molar-refractivity contribution in [1.29, 1.82) is 0 Å². The highest BCUT2D eigenvalue weighted by Gasteiger charge is 2.33. The molecule has 5 rings (SSSR count). The van der Waals surface area contributed by atoms with E-state index in [1.54, 1.807) is 18.5 Å². The zero-order valence-electron chi connectivity index (χ0n) is 17.5. The Morgan fingerprint density at radius 2 is 1.88 bits per heavy atom. The summed E-state index contributed by atoms with van der Waals surface area (Å²) in [6, 6.07) is 16.0. The molecule has 8 heteroatoms. The summed E-state index contributed by atoms with van der Waals surface area (Å²) in [5, 5.41) is 4.15. The largest absolute Gasteiger partial charge is 0.417 e. The van der Waals surface area contributed by atoms with E-state index in [0.29, 0.717) is 25.2 Å². The second kappa shape index (κ2) is 8.65. The van der Waals surface area contributed by atoms with Crippen molar-refractivity contribution >= 4 is 34.0 Å². The molecule has 3 heterocycles. The van der Waals surface area contributed by atoms with Gasteiger partial charge in [0, 0.05) is 36.8 Å². The van der Waals surface area contributed by atoms with E-state index < -0.39 is 11.7 Å². The standard InChI is InChI=1S/C25H20ClF3N4/c26-22-6-5-16(11-21(22)25(27,28)29)14-33-10-8-20-18(15-33)7-9-30-24(20)32-19-12-17-3-1-2-4-23(17)31-13-19/h1-7,9,11-13H,8,10,14-15H2,(H,30,32). The smallest absolute Gasteiger partial charge is 0.339 e. The molecule has 1 N–H and O–H groups in total. The summed E-state index contributed by atoms with van der Waals surface area (Å²) in [5.74, 6) is 0.787. The second-order valence-electron chi connectivity index (χ2n) is 8.11. The van der Waals surface area contributed by atoms with Crippen LogP contribution in [0.1, 0.15) is 22.3 Å². The molecule has 0 bridgehead atoms. The lowest BCUT2D eigenvalue weighted by molar-refractivity contribution is -0.137. The van der Waals surface area contributed by atoms with Gasteiger partial charge in [-0.25, -0.2) is 4.98 Å². The van der Waals surface area contributed by atoms with Crippen LogP contribution in [-0.4, -0.2) is 21.4 Å². The molecule has 4 aromatic rings. The molecule has 0 fully saturated rings. The van der Waals surface area contributed by atoms with Crippen LogP contribution in [0.4, 0.5) is 24.7 Å². The molecule has 2 aromatic carbocycles. The van der Waals surface area contributed by atoms with Crippen LogP contribution in [0.15, 0.2) is 67.0 Å². The van der Waals surface area contributed by atoms with Crippen LogP contribution in [0.3, 0.4) is 0 Å². The van der Waals surface area contributed by atoms with Gasteiger partial charge in [0.15, 0.2) is 0 Å². The zero-order chi connectivity index (χ0) is 23.0. The zero-order valence-corrected chi connectivity index (χ0v) is 18.3. The molecular formula is C25H20ClF3N4. The topological polar surface area (TPSA) is 41.1 Å². The van der Waals surface area contributed by atoms with Crippen LogP contribution < -0.4 is 5.32 Å². The third kappa shape index (κ3) is 4.65. The molecule has 0 spiro atoms. The Morgan fingerprint density at radius 1 is 1.03 bits per heavy atom. The normalized spacial score (nSPS) is 14.3. The molecule has 0 atom stereocenters. The average Bonchev–Trinajstić information content (AvgIpc) is 2.79. The molecule has 33 heavy (non-hydrogen) atoms. The lowest BCUT2D eigenvalue weighted by Gasteiger charge is -2.30. The number of fused-ring (bicyclic) bond motifs is 2. The van der Waals surface area contributed by atoms with Crippen LogP contribution in [0.25, 0.3) is 10.9 Å². The SMILES string of the molecule is FC(F)(F)c1cc(CN2CCc3c(ccnc3Nc3cnc4ccccc4c3)C2)ccc1Cl. The molecule has 4 nitrogen and oxygen atoms in total. The summed E-state index contributed by atoms with van der Waals surface area (Å²) in [6.45, 7) is 1.76. The number of hydrogen-bond acceptors (Lipinski definition) is 4. The van der Waals surface area contributed by atoms with Gasteiger partial charge in [0.2, 0.25) is 0 Å². The van der Waals surface area contributed by atoms with E-state index in [1.807, 2.05) is 36.4 Å². The fourth-order valence-electron chi connectivity index (χ4n) is 4.21. The number of rotatable bonds is 4. The number of nitrogens with zero attached hydrogens (tertiary/aromatic N) is 3. The molecule has 0 saturated carbocycles.